The first-order valence-corrected chi connectivity index (χ1v) is 13.1. The van der Waals surface area contributed by atoms with E-state index in [1.807, 2.05) is 86.6 Å². The van der Waals surface area contributed by atoms with Gasteiger partial charge in [0.2, 0.25) is 0 Å². The lowest BCUT2D eigenvalue weighted by atomic mass is 9.86. The van der Waals surface area contributed by atoms with Crippen LogP contribution in [0, 0.1) is 13.8 Å². The summed E-state index contributed by atoms with van der Waals surface area (Å²) in [4.78, 5) is 1.26. The fraction of sp³-hybridized carbons (Fsp3) is 0.314. The summed E-state index contributed by atoms with van der Waals surface area (Å²) in [5.74, 6) is -0.610. The number of phenols is 2. The molecule has 0 aliphatic carbocycles. The largest absolute Gasteiger partial charge is 0.508 e. The Bertz CT molecular complexity index is 1440. The average molecular weight is 515 g/mol. The zero-order valence-electron chi connectivity index (χ0n) is 29.1. The van der Waals surface area contributed by atoms with Gasteiger partial charge in [0.1, 0.15) is 11.5 Å². The molecule has 2 N–H and O–H groups in total. The van der Waals surface area contributed by atoms with Crippen molar-refractivity contribution in [2.24, 2.45) is 0 Å². The van der Waals surface area contributed by atoms with Gasteiger partial charge < -0.3 is 15.1 Å². The SMILES string of the molecule is [2H]C([2H])([2H])C([2H])(N(CCC(c1ccccc1)c1cc(C)ccc1O)CCC(c1ccccc1)c1cc(C)ccc1O)C([2H])([2H])[2H]. The van der Waals surface area contributed by atoms with Crippen molar-refractivity contribution in [2.75, 3.05) is 13.1 Å². The molecule has 0 radical (unpaired) electrons. The van der Waals surface area contributed by atoms with E-state index in [0.717, 1.165) is 22.3 Å². The molecule has 0 aromatic heterocycles. The summed E-state index contributed by atoms with van der Waals surface area (Å²) < 4.78 is 58.9. The predicted octanol–water partition coefficient (Wildman–Crippen LogP) is 8.17. The van der Waals surface area contributed by atoms with Crippen LogP contribution in [-0.2, 0) is 0 Å². The van der Waals surface area contributed by atoms with Gasteiger partial charge in [0.15, 0.2) is 0 Å². The molecule has 2 atom stereocenters. The molecule has 0 aliphatic rings. The summed E-state index contributed by atoms with van der Waals surface area (Å²) in [7, 11) is 0. The standard InChI is InChI=1S/C35H41NO2/c1-25(2)36(21-19-30(28-11-7-5-8-12-28)32-23-26(3)15-17-34(32)37)22-20-31(29-13-9-6-10-14-29)33-24-27(4)16-18-35(33)38/h5-18,23-25,30-31,37-38H,19-22H2,1-4H3/i1D3,2D3,25D. The number of aromatic hydroxyl groups is 2. The van der Waals surface area contributed by atoms with Gasteiger partial charge in [0.05, 0.1) is 0 Å². The van der Waals surface area contributed by atoms with Crippen LogP contribution in [-0.4, -0.2) is 34.2 Å². The molecule has 0 fully saturated rings. The van der Waals surface area contributed by atoms with Crippen molar-refractivity contribution in [3.63, 3.8) is 0 Å². The van der Waals surface area contributed by atoms with Crippen molar-refractivity contribution in [3.8, 4) is 11.5 Å². The van der Waals surface area contributed by atoms with Gasteiger partial charge in [-0.1, -0.05) is 96.1 Å². The molecule has 0 heterocycles. The van der Waals surface area contributed by atoms with E-state index in [1.165, 1.54) is 4.90 Å². The number of hydrogen-bond acceptors (Lipinski definition) is 3. The monoisotopic (exact) mass is 514 g/mol. The highest BCUT2D eigenvalue weighted by Gasteiger charge is 2.23. The van der Waals surface area contributed by atoms with E-state index in [0.29, 0.717) is 11.1 Å². The van der Waals surface area contributed by atoms with Crippen molar-refractivity contribution in [1.29, 1.82) is 0 Å². The third-order valence-corrected chi connectivity index (χ3v) is 7.21. The Labute approximate surface area is 238 Å². The third-order valence-electron chi connectivity index (χ3n) is 7.21. The fourth-order valence-corrected chi connectivity index (χ4v) is 5.19. The predicted molar refractivity (Wildman–Crippen MR) is 158 cm³/mol. The lowest BCUT2D eigenvalue weighted by Gasteiger charge is -2.31. The molecule has 0 saturated carbocycles. The minimum absolute atomic E-state index is 0.0471. The first-order chi connectivity index (χ1) is 21.1. The first-order valence-electron chi connectivity index (χ1n) is 16.6. The molecule has 2 unspecified atom stereocenters. The molecule has 0 saturated heterocycles. The van der Waals surface area contributed by atoms with Crippen molar-refractivity contribution in [1.82, 2.24) is 4.90 Å². The maximum Gasteiger partial charge on any atom is 0.119 e. The zero-order valence-corrected chi connectivity index (χ0v) is 22.1. The minimum atomic E-state index is -3.17. The first kappa shape index (κ1) is 19.5. The maximum absolute atomic E-state index is 10.9. The van der Waals surface area contributed by atoms with Crippen molar-refractivity contribution in [2.45, 2.75) is 58.2 Å². The molecule has 3 heteroatoms. The van der Waals surface area contributed by atoms with Crippen LogP contribution in [0.1, 0.15) is 81.4 Å². The number of rotatable bonds is 11. The van der Waals surface area contributed by atoms with Crippen LogP contribution in [0.2, 0.25) is 0 Å². The third kappa shape index (κ3) is 6.85. The minimum Gasteiger partial charge on any atom is -0.508 e. The quantitative estimate of drug-likeness (QED) is 0.212. The number of hydrogen-bond donors (Lipinski definition) is 2. The molecule has 0 aliphatic heterocycles. The van der Waals surface area contributed by atoms with Crippen molar-refractivity contribution in [3.05, 3.63) is 130 Å². The van der Waals surface area contributed by atoms with E-state index in [4.69, 9.17) is 9.60 Å². The van der Waals surface area contributed by atoms with Gasteiger partial charge in [-0.2, -0.15) is 0 Å². The second kappa shape index (κ2) is 12.8. The maximum atomic E-state index is 10.9. The lowest BCUT2D eigenvalue weighted by molar-refractivity contribution is 0.210. The summed E-state index contributed by atoms with van der Waals surface area (Å²) in [6.45, 7) is -2.60. The van der Waals surface area contributed by atoms with Gasteiger partial charge in [0.25, 0.3) is 0 Å². The summed E-state index contributed by atoms with van der Waals surface area (Å²) in [6.07, 6.45) is 0.499. The summed E-state index contributed by atoms with van der Waals surface area (Å²) in [5.41, 5.74) is 4.91. The number of nitrogens with zero attached hydrogens (tertiary/aromatic N) is 1. The van der Waals surface area contributed by atoms with Crippen LogP contribution < -0.4 is 0 Å². The lowest BCUT2D eigenvalue weighted by Crippen LogP contribution is -2.34. The molecule has 0 bridgehead atoms. The van der Waals surface area contributed by atoms with Crippen LogP contribution >= 0.6 is 0 Å². The Kier molecular flexibility index (Phi) is 6.57. The Morgan fingerprint density at radius 1 is 0.658 bits per heavy atom. The summed E-state index contributed by atoms with van der Waals surface area (Å²) >= 11 is 0. The second-order valence-electron chi connectivity index (χ2n) is 9.96. The molecular formula is C35H41NO2. The molecule has 0 amide bonds. The van der Waals surface area contributed by atoms with E-state index in [2.05, 4.69) is 0 Å². The van der Waals surface area contributed by atoms with Crippen molar-refractivity contribution >= 4 is 0 Å². The Hall–Kier alpha value is -3.56. The highest BCUT2D eigenvalue weighted by Crippen LogP contribution is 2.37. The molecular weight excluding hydrogens is 466 g/mol. The molecule has 4 rings (SSSR count). The van der Waals surface area contributed by atoms with E-state index in [1.54, 1.807) is 24.3 Å². The zero-order chi connectivity index (χ0) is 33.0. The van der Waals surface area contributed by atoms with Gasteiger partial charge in [-0.3, -0.25) is 0 Å². The van der Waals surface area contributed by atoms with Crippen LogP contribution in [0.4, 0.5) is 0 Å². The summed E-state index contributed by atoms with van der Waals surface area (Å²) in [5, 5.41) is 21.7. The van der Waals surface area contributed by atoms with E-state index >= 15 is 0 Å². The van der Waals surface area contributed by atoms with Crippen LogP contribution in [0.15, 0.2) is 97.1 Å². The molecule has 3 nitrogen and oxygen atoms in total. The van der Waals surface area contributed by atoms with E-state index in [9.17, 15) is 10.2 Å². The molecule has 198 valence electrons. The smallest absolute Gasteiger partial charge is 0.119 e. The summed E-state index contributed by atoms with van der Waals surface area (Å²) in [6, 6.07) is 26.7. The average Bonchev–Trinajstić information content (AvgIpc) is 2.99. The number of benzene rings is 4. The van der Waals surface area contributed by atoms with E-state index in [-0.39, 0.29) is 37.4 Å². The Morgan fingerprint density at radius 2 is 1.08 bits per heavy atom. The van der Waals surface area contributed by atoms with Gasteiger partial charge in [0, 0.05) is 38.6 Å². The van der Waals surface area contributed by atoms with Crippen LogP contribution in [0.25, 0.3) is 0 Å². The van der Waals surface area contributed by atoms with Crippen LogP contribution in [0.3, 0.4) is 0 Å². The molecule has 4 aromatic rings. The molecule has 4 aromatic carbocycles. The fourth-order valence-electron chi connectivity index (χ4n) is 5.19. The second-order valence-corrected chi connectivity index (χ2v) is 9.96. The number of phenolic OH excluding ortho intramolecular Hbond substituents is 2. The highest BCUT2D eigenvalue weighted by atomic mass is 16.3. The highest BCUT2D eigenvalue weighted by molar-refractivity contribution is 5.44. The molecule has 0 spiro atoms. The number of aryl methyl sites for hydroxylation is 2. The van der Waals surface area contributed by atoms with Gasteiger partial charge in [-0.15, -0.1) is 0 Å². The Morgan fingerprint density at radius 3 is 1.47 bits per heavy atom. The normalized spacial score (nSPS) is 16.8. The van der Waals surface area contributed by atoms with E-state index < -0.39 is 31.6 Å². The Balaban J connectivity index is 1.78. The van der Waals surface area contributed by atoms with Crippen molar-refractivity contribution < 1.29 is 19.8 Å². The van der Waals surface area contributed by atoms with Gasteiger partial charge >= 0.3 is 0 Å². The molecule has 38 heavy (non-hydrogen) atoms. The topological polar surface area (TPSA) is 43.7 Å². The van der Waals surface area contributed by atoms with Gasteiger partial charge in [-0.05, 0) is 76.7 Å². The van der Waals surface area contributed by atoms with Crippen LogP contribution in [0.5, 0.6) is 11.5 Å². The van der Waals surface area contributed by atoms with Gasteiger partial charge in [-0.25, -0.2) is 0 Å².